The number of piperazine rings is 1. The van der Waals surface area contributed by atoms with Gasteiger partial charge in [0.25, 0.3) is 0 Å². The van der Waals surface area contributed by atoms with Crippen molar-refractivity contribution in [2.75, 3.05) is 26.8 Å². The molecule has 0 aromatic rings. The zero-order valence-electron chi connectivity index (χ0n) is 14.3. The molecule has 2 rings (SSSR count). The summed E-state index contributed by atoms with van der Waals surface area (Å²) in [5, 5.41) is 0. The van der Waals surface area contributed by atoms with E-state index in [1.165, 1.54) is 0.639 Å². The number of halogens is 5. The third-order valence-electron chi connectivity index (χ3n) is 5.35. The van der Waals surface area contributed by atoms with E-state index in [9.17, 15) is 21.7 Å². The van der Waals surface area contributed by atoms with Gasteiger partial charge in [0, 0.05) is 0 Å². The molecular weight excluding hydrogens is 341 g/mol. The van der Waals surface area contributed by atoms with Gasteiger partial charge < -0.3 is 0 Å². The van der Waals surface area contributed by atoms with Gasteiger partial charge in [0.05, 0.1) is 0 Å². The summed E-state index contributed by atoms with van der Waals surface area (Å²) in [5.74, 6) is -1.97. The minimum absolute atomic E-state index is 0.0811. The molecule has 0 bridgehead atoms. The van der Waals surface area contributed by atoms with Crippen molar-refractivity contribution in [3.05, 3.63) is 0 Å². The summed E-state index contributed by atoms with van der Waals surface area (Å²) < 4.78 is 56.9. The van der Waals surface area contributed by atoms with E-state index in [4.69, 9.17) is 0 Å². The Morgan fingerprint density at radius 3 is 1.87 bits per heavy atom. The average molecular weight is 366 g/mol. The molecule has 130 valence electrons. The van der Waals surface area contributed by atoms with E-state index < -0.39 is 13.5 Å². The fourth-order valence-electron chi connectivity index (χ4n) is 3.65. The summed E-state index contributed by atoms with van der Waals surface area (Å²) in [6, 6.07) is 0. The fraction of sp³-hybridized carbons (Fsp3) is 1.00. The fourth-order valence-corrected chi connectivity index (χ4v) is 4.63. The quantitative estimate of drug-likeness (QED) is 0.559. The van der Waals surface area contributed by atoms with E-state index in [0.717, 1.165) is 75.1 Å². The summed E-state index contributed by atoms with van der Waals surface area (Å²) >= 11 is 0.902. The molecule has 2 nitrogen and oxygen atoms in total. The van der Waals surface area contributed by atoms with Gasteiger partial charge in [-0.2, -0.15) is 0 Å². The van der Waals surface area contributed by atoms with E-state index in [-0.39, 0.29) is 18.4 Å². The van der Waals surface area contributed by atoms with Gasteiger partial charge >= 0.3 is 159 Å². The monoisotopic (exact) mass is 366 g/mol. The molecular formula is C14H25BF5KN2. The number of hydrogen-bond donors (Lipinski definition) is 0. The number of nitrogens with zero attached hydrogens (tertiary/aromatic N) is 2. The van der Waals surface area contributed by atoms with Crippen LogP contribution in [-0.4, -0.2) is 105 Å². The second kappa shape index (κ2) is 9.83. The van der Waals surface area contributed by atoms with Crippen molar-refractivity contribution in [1.29, 1.82) is 0 Å². The molecule has 0 aromatic heterocycles. The van der Waals surface area contributed by atoms with Gasteiger partial charge in [-0.05, 0) is 0 Å². The Labute approximate surface area is 170 Å². The largest absolute Gasteiger partial charge is 0.762 e. The first-order valence-corrected chi connectivity index (χ1v) is 10.6. The molecule has 2 fully saturated rings. The zero-order chi connectivity index (χ0) is 17.7. The molecule has 1 heterocycles. The number of rotatable bonds is 3. The van der Waals surface area contributed by atoms with Crippen molar-refractivity contribution in [3.63, 3.8) is 0 Å². The Kier molecular flexibility index (Phi) is 9.53. The molecule has 1 saturated carbocycles. The zero-order valence-corrected chi connectivity index (χ0v) is 17.4. The maximum atomic E-state index is 13.3. The first-order valence-electron chi connectivity index (χ1n) is 8.36. The Bertz CT molecular complexity index is 339. The van der Waals surface area contributed by atoms with E-state index in [2.05, 4.69) is 23.6 Å². The van der Waals surface area contributed by atoms with Gasteiger partial charge in [-0.25, -0.2) is 0 Å². The van der Waals surface area contributed by atoms with Crippen LogP contribution >= 0.6 is 0 Å². The van der Waals surface area contributed by atoms with Gasteiger partial charge in [-0.15, -0.1) is 0 Å². The van der Waals surface area contributed by atoms with Crippen molar-refractivity contribution in [1.82, 2.24) is 9.80 Å². The molecule has 0 unspecified atom stereocenters. The molecule has 1 saturated heterocycles. The Morgan fingerprint density at radius 1 is 1.04 bits per heavy atom. The van der Waals surface area contributed by atoms with Crippen molar-refractivity contribution >= 4 is 56.5 Å². The van der Waals surface area contributed by atoms with Crippen molar-refractivity contribution in [2.24, 2.45) is 5.92 Å². The van der Waals surface area contributed by atoms with Crippen LogP contribution in [0.4, 0.5) is 21.7 Å². The molecule has 0 radical (unpaired) electrons. The van der Waals surface area contributed by atoms with Crippen LogP contribution in [0.2, 0.25) is 0 Å². The Hall–Kier alpha value is 1.27. The van der Waals surface area contributed by atoms with Crippen molar-refractivity contribution < 1.29 is 21.7 Å². The van der Waals surface area contributed by atoms with Gasteiger partial charge in [0.15, 0.2) is 0 Å². The van der Waals surface area contributed by atoms with Crippen LogP contribution in [0.15, 0.2) is 0 Å². The SMILES string of the molecule is CC(C)(C1CCC(F)(F)CC1)N1CCN([CH2][K])CC1.FB(F)F. The van der Waals surface area contributed by atoms with Crippen LogP contribution < -0.4 is 0 Å². The first kappa shape index (κ1) is 22.3. The molecule has 1 aliphatic heterocycles. The molecule has 2 aliphatic rings. The van der Waals surface area contributed by atoms with Crippen LogP contribution in [0.5, 0.6) is 0 Å². The van der Waals surface area contributed by atoms with Crippen molar-refractivity contribution in [3.8, 4) is 0 Å². The maximum Gasteiger partial charge on any atom is 0.762 e. The van der Waals surface area contributed by atoms with Gasteiger partial charge in [-0.1, -0.05) is 0 Å². The van der Waals surface area contributed by atoms with Gasteiger partial charge in [-0.3, -0.25) is 12.9 Å². The van der Waals surface area contributed by atoms with Crippen LogP contribution in [0.3, 0.4) is 0 Å². The maximum absolute atomic E-state index is 13.3. The molecule has 23 heavy (non-hydrogen) atoms. The predicted octanol–water partition coefficient (Wildman–Crippen LogP) is 3.21. The summed E-state index contributed by atoms with van der Waals surface area (Å²) in [6.07, 6.45) is 1.54. The molecule has 0 aromatic carbocycles. The molecule has 0 spiro atoms. The number of hydrogen-bond acceptors (Lipinski definition) is 2. The summed E-state index contributed by atoms with van der Waals surface area (Å²) in [5.41, 5.74) is 0.0811. The summed E-state index contributed by atoms with van der Waals surface area (Å²) in [7, 11) is -3.67. The van der Waals surface area contributed by atoms with E-state index in [1.54, 1.807) is 0 Å². The molecule has 1 aliphatic carbocycles. The first-order chi connectivity index (χ1) is 10.6. The normalized spacial score (nSPS) is 24.0. The third kappa shape index (κ3) is 7.58. The van der Waals surface area contributed by atoms with Gasteiger partial charge in [0.2, 0.25) is 0 Å². The molecule has 0 amide bonds. The molecule has 0 N–H and O–H groups in total. The topological polar surface area (TPSA) is 6.48 Å². The minimum Gasteiger partial charge on any atom is -0.254 e. The smallest absolute Gasteiger partial charge is 0.254 e. The van der Waals surface area contributed by atoms with E-state index >= 15 is 0 Å². The Morgan fingerprint density at radius 2 is 1.48 bits per heavy atom. The summed E-state index contributed by atoms with van der Waals surface area (Å²) in [6.45, 7) is 9.06. The average Bonchev–Trinajstić information content (AvgIpc) is 2.46. The third-order valence-corrected chi connectivity index (χ3v) is 6.75. The summed E-state index contributed by atoms with van der Waals surface area (Å²) in [4.78, 5) is 5.09. The van der Waals surface area contributed by atoms with Crippen molar-refractivity contribution in [2.45, 2.75) is 51.0 Å². The second-order valence-electron chi connectivity index (χ2n) is 6.95. The molecule has 9 heteroatoms. The van der Waals surface area contributed by atoms with Crippen LogP contribution in [-0.2, 0) is 0 Å². The second-order valence-corrected chi connectivity index (χ2v) is 7.94. The molecule has 0 atom stereocenters. The van der Waals surface area contributed by atoms with Crippen LogP contribution in [0.1, 0.15) is 39.5 Å². The van der Waals surface area contributed by atoms with E-state index in [1.807, 2.05) is 0 Å². The van der Waals surface area contributed by atoms with E-state index in [0.29, 0.717) is 18.8 Å². The Balaban J connectivity index is 0.000000593. The number of alkyl halides is 2. The van der Waals surface area contributed by atoms with Crippen LogP contribution in [0.25, 0.3) is 0 Å². The minimum atomic E-state index is -3.67. The van der Waals surface area contributed by atoms with Crippen LogP contribution in [0, 0.1) is 5.92 Å². The van der Waals surface area contributed by atoms with Gasteiger partial charge in [0.1, 0.15) is 0 Å². The predicted molar refractivity (Wildman–Crippen MR) is 83.8 cm³/mol. The standard InChI is InChI=1S/C14H25F2N2.BF3.K/c1-13(2,18-10-8-17(3)9-11-18)12-4-6-14(15,16)7-5-12;2-1(3)4;/h12H,3-11H2,1-2H3;;.